The summed E-state index contributed by atoms with van der Waals surface area (Å²) in [6.07, 6.45) is 1.52. The monoisotopic (exact) mass is 527 g/mol. The van der Waals surface area contributed by atoms with Gasteiger partial charge in [0.1, 0.15) is 24.1 Å². The van der Waals surface area contributed by atoms with Crippen LogP contribution in [-0.4, -0.2) is 31.2 Å². The third-order valence-corrected chi connectivity index (χ3v) is 5.99. The van der Waals surface area contributed by atoms with Crippen molar-refractivity contribution >= 4 is 41.2 Å². The molecule has 0 fully saturated rings. The molecular formula is C27H27Cl2N3O4. The highest BCUT2D eigenvalue weighted by atomic mass is 35.5. The zero-order chi connectivity index (χ0) is 26.1. The number of hydrogen-bond acceptors (Lipinski definition) is 5. The highest BCUT2D eigenvalue weighted by molar-refractivity contribution is 6.42. The number of nitrogens with one attached hydrogen (secondary N) is 2. The predicted molar refractivity (Wildman–Crippen MR) is 142 cm³/mol. The number of carbonyl (C=O) groups excluding carboxylic acids is 2. The molecule has 3 aromatic rings. The van der Waals surface area contributed by atoms with Crippen molar-refractivity contribution in [2.45, 2.75) is 26.5 Å². The van der Waals surface area contributed by atoms with E-state index in [2.05, 4.69) is 15.8 Å². The Morgan fingerprint density at radius 1 is 0.944 bits per heavy atom. The number of benzene rings is 3. The fourth-order valence-corrected chi connectivity index (χ4v) is 3.47. The third kappa shape index (κ3) is 7.73. The lowest BCUT2D eigenvalue weighted by molar-refractivity contribution is -0.123. The van der Waals surface area contributed by atoms with E-state index in [1.54, 1.807) is 13.2 Å². The van der Waals surface area contributed by atoms with Gasteiger partial charge in [-0.1, -0.05) is 49.2 Å². The maximum atomic E-state index is 12.7. The quantitative estimate of drug-likeness (QED) is 0.269. The smallest absolute Gasteiger partial charge is 0.262 e. The Hall–Kier alpha value is -3.55. The van der Waals surface area contributed by atoms with E-state index in [1.807, 2.05) is 62.4 Å². The van der Waals surface area contributed by atoms with E-state index in [1.165, 1.54) is 18.3 Å². The molecule has 0 aliphatic heterocycles. The summed E-state index contributed by atoms with van der Waals surface area (Å²) < 4.78 is 11.0. The minimum Gasteiger partial charge on any atom is -0.497 e. The first-order valence-corrected chi connectivity index (χ1v) is 12.0. The zero-order valence-corrected chi connectivity index (χ0v) is 21.6. The van der Waals surface area contributed by atoms with E-state index >= 15 is 0 Å². The van der Waals surface area contributed by atoms with Crippen LogP contribution in [0, 0.1) is 5.92 Å². The van der Waals surface area contributed by atoms with Gasteiger partial charge in [0.2, 0.25) is 0 Å². The van der Waals surface area contributed by atoms with Crippen molar-refractivity contribution in [1.29, 1.82) is 0 Å². The molecule has 0 saturated carbocycles. The van der Waals surface area contributed by atoms with E-state index in [-0.39, 0.29) is 10.9 Å². The number of hydrazone groups is 1. The van der Waals surface area contributed by atoms with Crippen molar-refractivity contribution < 1.29 is 19.1 Å². The molecule has 0 saturated heterocycles. The molecule has 2 amide bonds. The summed E-state index contributed by atoms with van der Waals surface area (Å²) in [6.45, 7) is 4.08. The Kier molecular flexibility index (Phi) is 9.73. The molecule has 9 heteroatoms. The van der Waals surface area contributed by atoms with Gasteiger partial charge in [-0.2, -0.15) is 5.10 Å². The number of methoxy groups -OCH3 is 1. The van der Waals surface area contributed by atoms with E-state index in [0.29, 0.717) is 22.9 Å². The lowest BCUT2D eigenvalue weighted by atomic mass is 10.0. The molecule has 0 bridgehead atoms. The molecule has 0 spiro atoms. The molecule has 7 nitrogen and oxygen atoms in total. The standard InChI is InChI=1S/C27H27Cl2N3O4/c1-17(2)25(31-26(33)20-8-13-23(28)24(29)14-20)27(34)32-30-15-18-4-11-22(12-5-18)36-16-19-6-9-21(35-3)10-7-19/h4-15,17,25H,16H2,1-3H3,(H,31,33)(H,32,34). The van der Waals surface area contributed by atoms with Crippen LogP contribution < -0.4 is 20.2 Å². The summed E-state index contributed by atoms with van der Waals surface area (Å²) in [5.74, 6) is 0.458. The molecule has 0 aliphatic carbocycles. The number of hydrogen-bond donors (Lipinski definition) is 2. The summed E-state index contributed by atoms with van der Waals surface area (Å²) in [7, 11) is 1.63. The van der Waals surface area contributed by atoms with Crippen LogP contribution in [0.25, 0.3) is 0 Å². The summed E-state index contributed by atoms with van der Waals surface area (Å²) in [5, 5.41) is 7.35. The second-order valence-corrected chi connectivity index (χ2v) is 9.08. The second kappa shape index (κ2) is 13.0. The van der Waals surface area contributed by atoms with E-state index in [0.717, 1.165) is 16.9 Å². The van der Waals surface area contributed by atoms with Gasteiger partial charge in [0.05, 0.1) is 23.4 Å². The Morgan fingerprint density at radius 3 is 2.22 bits per heavy atom. The number of amides is 2. The third-order valence-electron chi connectivity index (χ3n) is 5.25. The minimum absolute atomic E-state index is 0.172. The normalized spacial score (nSPS) is 11.8. The number of nitrogens with zero attached hydrogens (tertiary/aromatic N) is 1. The number of halogens is 2. The molecule has 36 heavy (non-hydrogen) atoms. The predicted octanol–water partition coefficient (Wildman–Crippen LogP) is 5.49. The number of carbonyl (C=O) groups is 2. The molecule has 1 unspecified atom stereocenters. The molecule has 0 aliphatic rings. The van der Waals surface area contributed by atoms with Gasteiger partial charge in [-0.3, -0.25) is 9.59 Å². The van der Waals surface area contributed by atoms with Crippen molar-refractivity contribution in [3.8, 4) is 11.5 Å². The number of ether oxygens (including phenoxy) is 2. The van der Waals surface area contributed by atoms with Crippen molar-refractivity contribution in [3.63, 3.8) is 0 Å². The lowest BCUT2D eigenvalue weighted by Gasteiger charge is -2.20. The molecule has 3 aromatic carbocycles. The first-order valence-electron chi connectivity index (χ1n) is 11.2. The van der Waals surface area contributed by atoms with Gasteiger partial charge in [-0.25, -0.2) is 5.43 Å². The molecule has 0 heterocycles. The average molecular weight is 528 g/mol. The van der Waals surface area contributed by atoms with Gasteiger partial charge in [-0.15, -0.1) is 0 Å². The van der Waals surface area contributed by atoms with Crippen LogP contribution in [0.2, 0.25) is 10.0 Å². The Labute approximate surface area is 220 Å². The van der Waals surface area contributed by atoms with Crippen LogP contribution in [0.5, 0.6) is 11.5 Å². The first kappa shape index (κ1) is 27.0. The molecular weight excluding hydrogens is 501 g/mol. The fraction of sp³-hybridized carbons (Fsp3) is 0.222. The summed E-state index contributed by atoms with van der Waals surface area (Å²) in [5.41, 5.74) is 4.59. The maximum Gasteiger partial charge on any atom is 0.262 e. The van der Waals surface area contributed by atoms with Gasteiger partial charge in [0, 0.05) is 5.56 Å². The molecule has 188 valence electrons. The van der Waals surface area contributed by atoms with Gasteiger partial charge >= 0.3 is 0 Å². The van der Waals surface area contributed by atoms with Crippen molar-refractivity contribution in [2.75, 3.05) is 7.11 Å². The summed E-state index contributed by atoms with van der Waals surface area (Å²) in [6, 6.07) is 18.7. The van der Waals surface area contributed by atoms with Crippen LogP contribution in [0.4, 0.5) is 0 Å². The van der Waals surface area contributed by atoms with Gasteiger partial charge < -0.3 is 14.8 Å². The SMILES string of the molecule is COc1ccc(COc2ccc(C=NNC(=O)C(NC(=O)c3ccc(Cl)c(Cl)c3)C(C)C)cc2)cc1. The minimum atomic E-state index is -0.794. The average Bonchev–Trinajstić information content (AvgIpc) is 2.88. The number of rotatable bonds is 10. The van der Waals surface area contributed by atoms with Gasteiger partial charge in [0.15, 0.2) is 0 Å². The van der Waals surface area contributed by atoms with E-state index in [9.17, 15) is 9.59 Å². The highest BCUT2D eigenvalue weighted by Gasteiger charge is 2.24. The molecule has 0 aromatic heterocycles. The Balaban J connectivity index is 1.52. The van der Waals surface area contributed by atoms with Gasteiger partial charge in [-0.05, 0) is 71.6 Å². The van der Waals surface area contributed by atoms with Crippen LogP contribution >= 0.6 is 23.2 Å². The zero-order valence-electron chi connectivity index (χ0n) is 20.1. The molecule has 2 N–H and O–H groups in total. The Bertz CT molecular complexity index is 1210. The molecule has 3 rings (SSSR count). The van der Waals surface area contributed by atoms with E-state index in [4.69, 9.17) is 32.7 Å². The van der Waals surface area contributed by atoms with Crippen molar-refractivity contribution in [3.05, 3.63) is 93.5 Å². The van der Waals surface area contributed by atoms with Crippen LogP contribution in [0.15, 0.2) is 71.8 Å². The lowest BCUT2D eigenvalue weighted by Crippen LogP contribution is -2.48. The summed E-state index contributed by atoms with van der Waals surface area (Å²) in [4.78, 5) is 25.2. The largest absolute Gasteiger partial charge is 0.497 e. The fourth-order valence-electron chi connectivity index (χ4n) is 3.18. The first-order chi connectivity index (χ1) is 17.3. The van der Waals surface area contributed by atoms with Crippen LogP contribution in [-0.2, 0) is 11.4 Å². The van der Waals surface area contributed by atoms with Crippen molar-refractivity contribution in [2.24, 2.45) is 11.0 Å². The summed E-state index contributed by atoms with van der Waals surface area (Å²) >= 11 is 11.9. The molecule has 0 radical (unpaired) electrons. The second-order valence-electron chi connectivity index (χ2n) is 8.26. The van der Waals surface area contributed by atoms with Crippen LogP contribution in [0.3, 0.4) is 0 Å². The Morgan fingerprint density at radius 2 is 1.61 bits per heavy atom. The highest BCUT2D eigenvalue weighted by Crippen LogP contribution is 2.22. The van der Waals surface area contributed by atoms with Crippen LogP contribution in [0.1, 0.15) is 35.3 Å². The van der Waals surface area contributed by atoms with Crippen molar-refractivity contribution in [1.82, 2.24) is 10.7 Å². The van der Waals surface area contributed by atoms with Gasteiger partial charge in [0.25, 0.3) is 11.8 Å². The maximum absolute atomic E-state index is 12.7. The van der Waals surface area contributed by atoms with E-state index < -0.39 is 17.9 Å². The molecule has 1 atom stereocenters. The topological polar surface area (TPSA) is 89.0 Å².